The van der Waals surface area contributed by atoms with Crippen LogP contribution in [0.5, 0.6) is 0 Å². The van der Waals surface area contributed by atoms with E-state index in [9.17, 15) is 0 Å². The normalized spacial score (nSPS) is 11.8. The van der Waals surface area contributed by atoms with Gasteiger partial charge in [0.25, 0.3) is 0 Å². The first-order valence-electron chi connectivity index (χ1n) is 16.1. The van der Waals surface area contributed by atoms with Gasteiger partial charge in [0.15, 0.2) is 0 Å². The van der Waals surface area contributed by atoms with Gasteiger partial charge in [0.1, 0.15) is 0 Å². The van der Waals surface area contributed by atoms with Crippen LogP contribution in [0.2, 0.25) is 0 Å². The van der Waals surface area contributed by atoms with Crippen molar-refractivity contribution in [2.75, 3.05) is 0 Å². The molecule has 0 aliphatic rings. The van der Waals surface area contributed by atoms with E-state index in [1.165, 1.54) is 43.4 Å². The summed E-state index contributed by atoms with van der Waals surface area (Å²) in [5.74, 6) is 0. The third-order valence-corrected chi connectivity index (χ3v) is 9.57. The Labute approximate surface area is 276 Å². The van der Waals surface area contributed by atoms with Crippen LogP contribution in [0.25, 0.3) is 99.0 Å². The highest BCUT2D eigenvalue weighted by Gasteiger charge is 2.16. The third-order valence-electron chi connectivity index (χ3n) is 9.57. The number of aromatic nitrogens is 4. The van der Waals surface area contributed by atoms with Gasteiger partial charge in [-0.25, -0.2) is 9.97 Å². The summed E-state index contributed by atoms with van der Waals surface area (Å²) in [4.78, 5) is 19.2. The van der Waals surface area contributed by atoms with E-state index in [-0.39, 0.29) is 0 Å². The second kappa shape index (κ2) is 10.5. The van der Waals surface area contributed by atoms with Crippen LogP contribution < -0.4 is 0 Å². The molecule has 0 unspecified atom stereocenters. The molecule has 0 saturated carbocycles. The summed E-state index contributed by atoms with van der Waals surface area (Å²) in [6, 6.07) is 49.5. The van der Waals surface area contributed by atoms with E-state index in [1.54, 1.807) is 6.20 Å². The fraction of sp³-hybridized carbons (Fsp3) is 0. The van der Waals surface area contributed by atoms with Gasteiger partial charge in [-0.05, 0) is 79.8 Å². The van der Waals surface area contributed by atoms with E-state index >= 15 is 0 Å². The molecule has 0 bridgehead atoms. The van der Waals surface area contributed by atoms with E-state index in [2.05, 4.69) is 119 Å². The second-order valence-electron chi connectivity index (χ2n) is 12.3. The first-order chi connectivity index (χ1) is 23.8. The standard InChI is InChI=1S/C44H26N4/c1-2-25-46-38(5-1)28-8-6-27(7-9-28)34-18-12-29-15-21-37-35(19-13-30-14-20-36(34)41(29)42(30)37)40-23-17-32-11-10-31-16-22-39(33-4-3-24-45-26-33)47-43(31)44(32)48-40/h1-26H. The first-order valence-corrected chi connectivity index (χ1v) is 16.1. The van der Waals surface area contributed by atoms with Crippen molar-refractivity contribution < 1.29 is 0 Å². The summed E-state index contributed by atoms with van der Waals surface area (Å²) in [5, 5.41) is 9.59. The van der Waals surface area contributed by atoms with Gasteiger partial charge in [-0.3, -0.25) is 9.97 Å². The Morgan fingerprint density at radius 1 is 0.354 bits per heavy atom. The largest absolute Gasteiger partial charge is 0.264 e. The highest BCUT2D eigenvalue weighted by Crippen LogP contribution is 2.42. The average molecular weight is 611 g/mol. The predicted octanol–water partition coefficient (Wildman–Crippen LogP) is 11.1. The van der Waals surface area contributed by atoms with Crippen LogP contribution in [0.1, 0.15) is 0 Å². The van der Waals surface area contributed by atoms with Crippen LogP contribution >= 0.6 is 0 Å². The average Bonchev–Trinajstić information content (AvgIpc) is 3.17. The minimum absolute atomic E-state index is 0.889. The molecular formula is C44H26N4. The van der Waals surface area contributed by atoms with Gasteiger partial charge >= 0.3 is 0 Å². The Morgan fingerprint density at radius 3 is 1.65 bits per heavy atom. The summed E-state index contributed by atoms with van der Waals surface area (Å²) < 4.78 is 0. The number of hydrogen-bond donors (Lipinski definition) is 0. The highest BCUT2D eigenvalue weighted by atomic mass is 14.8. The van der Waals surface area contributed by atoms with Crippen LogP contribution in [0.15, 0.2) is 158 Å². The SMILES string of the molecule is c1ccc(-c2ccc(-c3ccc4ccc5c(-c6ccc7ccc8ccc(-c9cccnc9)nc8c7n6)ccc6ccc3c4c65)cc2)nc1. The second-order valence-corrected chi connectivity index (χ2v) is 12.3. The molecule has 0 aliphatic heterocycles. The zero-order valence-corrected chi connectivity index (χ0v) is 25.8. The van der Waals surface area contributed by atoms with Gasteiger partial charge in [0.2, 0.25) is 0 Å². The van der Waals surface area contributed by atoms with E-state index in [0.717, 1.165) is 55.6 Å². The maximum absolute atomic E-state index is 5.31. The van der Waals surface area contributed by atoms with Crippen molar-refractivity contribution in [1.29, 1.82) is 0 Å². The van der Waals surface area contributed by atoms with Crippen LogP contribution in [0.4, 0.5) is 0 Å². The Kier molecular flexibility index (Phi) is 5.84. The summed E-state index contributed by atoms with van der Waals surface area (Å²) >= 11 is 0. The van der Waals surface area contributed by atoms with Crippen molar-refractivity contribution in [2.24, 2.45) is 0 Å². The van der Waals surface area contributed by atoms with E-state index in [4.69, 9.17) is 9.97 Å². The molecule has 10 rings (SSSR count). The van der Waals surface area contributed by atoms with Gasteiger partial charge in [0.05, 0.1) is 28.1 Å². The minimum Gasteiger partial charge on any atom is -0.264 e. The lowest BCUT2D eigenvalue weighted by Gasteiger charge is -2.16. The van der Waals surface area contributed by atoms with Crippen LogP contribution in [-0.4, -0.2) is 19.9 Å². The smallest absolute Gasteiger partial charge is 0.0972 e. The van der Waals surface area contributed by atoms with Gasteiger partial charge in [-0.15, -0.1) is 0 Å². The molecule has 222 valence electrons. The highest BCUT2D eigenvalue weighted by molar-refractivity contribution is 6.27. The Balaban J connectivity index is 1.15. The molecule has 10 aromatic rings. The van der Waals surface area contributed by atoms with Crippen LogP contribution in [0.3, 0.4) is 0 Å². The molecule has 0 fully saturated rings. The molecule has 0 N–H and O–H groups in total. The molecule has 0 spiro atoms. The molecule has 0 radical (unpaired) electrons. The van der Waals surface area contributed by atoms with Gasteiger partial charge < -0.3 is 0 Å². The van der Waals surface area contributed by atoms with Crippen molar-refractivity contribution in [2.45, 2.75) is 0 Å². The summed E-state index contributed by atoms with van der Waals surface area (Å²) in [6.45, 7) is 0. The maximum Gasteiger partial charge on any atom is 0.0972 e. The quantitative estimate of drug-likeness (QED) is 0.186. The maximum atomic E-state index is 5.31. The molecule has 0 amide bonds. The van der Waals surface area contributed by atoms with Crippen LogP contribution in [0, 0.1) is 0 Å². The zero-order chi connectivity index (χ0) is 31.6. The van der Waals surface area contributed by atoms with E-state index in [0.29, 0.717) is 0 Å². The molecule has 0 aliphatic carbocycles. The molecule has 4 heteroatoms. The number of benzene rings is 6. The number of pyridine rings is 4. The summed E-state index contributed by atoms with van der Waals surface area (Å²) in [6.07, 6.45) is 5.47. The number of nitrogens with zero attached hydrogens (tertiary/aromatic N) is 4. The molecule has 4 aromatic heterocycles. The molecule has 6 aromatic carbocycles. The van der Waals surface area contributed by atoms with Gasteiger partial charge in [0, 0.05) is 46.1 Å². The van der Waals surface area contributed by atoms with E-state index in [1.807, 2.05) is 42.7 Å². The van der Waals surface area contributed by atoms with Gasteiger partial charge in [-0.1, -0.05) is 103 Å². The van der Waals surface area contributed by atoms with Crippen molar-refractivity contribution in [3.63, 3.8) is 0 Å². The van der Waals surface area contributed by atoms with Crippen molar-refractivity contribution in [3.8, 4) is 44.9 Å². The molecule has 4 nitrogen and oxygen atoms in total. The Hall–Kier alpha value is -6.52. The van der Waals surface area contributed by atoms with E-state index < -0.39 is 0 Å². The number of rotatable bonds is 4. The fourth-order valence-corrected chi connectivity index (χ4v) is 7.22. The lowest BCUT2D eigenvalue weighted by molar-refractivity contribution is 1.30. The Morgan fingerprint density at radius 2 is 0.958 bits per heavy atom. The predicted molar refractivity (Wildman–Crippen MR) is 198 cm³/mol. The van der Waals surface area contributed by atoms with Gasteiger partial charge in [-0.2, -0.15) is 0 Å². The molecule has 0 saturated heterocycles. The Bertz CT molecular complexity index is 2810. The topological polar surface area (TPSA) is 51.6 Å². The third kappa shape index (κ3) is 4.16. The lowest BCUT2D eigenvalue weighted by atomic mass is 9.87. The monoisotopic (exact) mass is 610 g/mol. The van der Waals surface area contributed by atoms with Crippen molar-refractivity contribution >= 4 is 54.1 Å². The fourth-order valence-electron chi connectivity index (χ4n) is 7.22. The molecular weight excluding hydrogens is 585 g/mol. The summed E-state index contributed by atoms with van der Waals surface area (Å²) in [7, 11) is 0. The van der Waals surface area contributed by atoms with Crippen LogP contribution in [-0.2, 0) is 0 Å². The molecule has 48 heavy (non-hydrogen) atoms. The van der Waals surface area contributed by atoms with Crippen molar-refractivity contribution in [1.82, 2.24) is 19.9 Å². The molecule has 4 heterocycles. The summed E-state index contributed by atoms with van der Waals surface area (Å²) in [5.41, 5.74) is 10.2. The minimum atomic E-state index is 0.889. The first kappa shape index (κ1) is 26.7. The van der Waals surface area contributed by atoms with Crippen molar-refractivity contribution in [3.05, 3.63) is 158 Å². The number of hydrogen-bond acceptors (Lipinski definition) is 4. The number of fused-ring (bicyclic) bond motifs is 3. The lowest BCUT2D eigenvalue weighted by Crippen LogP contribution is -1.93. The zero-order valence-electron chi connectivity index (χ0n) is 25.8. The molecule has 0 atom stereocenters.